The predicted molar refractivity (Wildman–Crippen MR) is 142 cm³/mol. The highest BCUT2D eigenvalue weighted by molar-refractivity contribution is 5.93. The van der Waals surface area contributed by atoms with Gasteiger partial charge < -0.3 is 40.6 Å². The number of guanidine groups is 2. The van der Waals surface area contributed by atoms with Crippen LogP contribution in [0.2, 0.25) is 0 Å². The summed E-state index contributed by atoms with van der Waals surface area (Å²) in [7, 11) is 0. The molecule has 0 bridgehead atoms. The fourth-order valence-corrected chi connectivity index (χ4v) is 4.79. The molecule has 2 heterocycles. The molecule has 1 saturated heterocycles. The van der Waals surface area contributed by atoms with Crippen LogP contribution in [0.5, 0.6) is 11.5 Å². The lowest BCUT2D eigenvalue weighted by Gasteiger charge is -2.32. The van der Waals surface area contributed by atoms with Crippen LogP contribution in [-0.4, -0.2) is 71.7 Å². The van der Waals surface area contributed by atoms with Crippen LogP contribution in [0, 0.1) is 10.8 Å². The molecule has 1 atom stereocenters. The Hall–Kier alpha value is -3.99. The number of nitrogens with one attached hydrogen (secondary N) is 2. The number of hydrogen-bond donors (Lipinski definition) is 5. The fraction of sp³-hybridized carbons (Fsp3) is 0.444. The highest BCUT2D eigenvalue weighted by atomic mass is 16.5. The molecule has 0 saturated carbocycles. The summed E-state index contributed by atoms with van der Waals surface area (Å²) >= 11 is 0. The molecule has 1 unspecified atom stereocenters. The van der Waals surface area contributed by atoms with Crippen LogP contribution in [0.15, 0.2) is 36.4 Å². The maximum Gasteiger partial charge on any atom is 0.341 e. The number of esters is 1. The second-order valence-electron chi connectivity index (χ2n) is 9.44. The molecule has 38 heavy (non-hydrogen) atoms. The Bertz CT molecular complexity index is 1160. The van der Waals surface area contributed by atoms with Gasteiger partial charge in [0.1, 0.15) is 29.3 Å². The Morgan fingerprint density at radius 3 is 2.34 bits per heavy atom. The van der Waals surface area contributed by atoms with E-state index in [0.717, 1.165) is 29.5 Å². The fourth-order valence-electron chi connectivity index (χ4n) is 4.79. The number of carbonyl (C=O) groups is 1. The first-order valence-electron chi connectivity index (χ1n) is 12.8. The highest BCUT2D eigenvalue weighted by Crippen LogP contribution is 2.32. The summed E-state index contributed by atoms with van der Waals surface area (Å²) in [6.07, 6.45) is 1.51. The number of carbonyl (C=O) groups excluding carboxylic acids is 1. The number of ether oxygens (including phenoxy) is 3. The van der Waals surface area contributed by atoms with Gasteiger partial charge in [0.2, 0.25) is 0 Å². The molecule has 2 aromatic carbocycles. The molecular formula is C27H36N6O5. The Kier molecular flexibility index (Phi) is 8.57. The van der Waals surface area contributed by atoms with Crippen molar-refractivity contribution in [2.24, 2.45) is 11.5 Å². The van der Waals surface area contributed by atoms with Crippen molar-refractivity contribution >= 4 is 17.9 Å². The summed E-state index contributed by atoms with van der Waals surface area (Å²) in [6, 6.07) is 10.9. The van der Waals surface area contributed by atoms with Crippen molar-refractivity contribution in [2.75, 3.05) is 32.8 Å². The van der Waals surface area contributed by atoms with Crippen LogP contribution in [0.3, 0.4) is 0 Å². The average Bonchev–Trinajstić information content (AvgIpc) is 2.91. The van der Waals surface area contributed by atoms with E-state index in [1.807, 2.05) is 29.2 Å². The third-order valence-corrected chi connectivity index (χ3v) is 6.92. The minimum Gasteiger partial charge on any atom is -0.490 e. The Labute approximate surface area is 222 Å². The van der Waals surface area contributed by atoms with E-state index in [0.29, 0.717) is 49.7 Å². The lowest BCUT2D eigenvalue weighted by Crippen LogP contribution is -2.44. The third kappa shape index (κ3) is 6.28. The van der Waals surface area contributed by atoms with Crippen molar-refractivity contribution in [1.82, 2.24) is 9.80 Å². The Morgan fingerprint density at radius 2 is 1.74 bits per heavy atom. The molecule has 11 heteroatoms. The number of rotatable bonds is 8. The van der Waals surface area contributed by atoms with Gasteiger partial charge in [-0.2, -0.15) is 0 Å². The molecule has 0 radical (unpaired) electrons. The molecule has 2 aliphatic rings. The van der Waals surface area contributed by atoms with Crippen molar-refractivity contribution in [3.63, 3.8) is 0 Å². The van der Waals surface area contributed by atoms with E-state index in [4.69, 9.17) is 36.5 Å². The quantitative estimate of drug-likeness (QED) is 0.197. The minimum atomic E-state index is -0.721. The zero-order chi connectivity index (χ0) is 27.2. The summed E-state index contributed by atoms with van der Waals surface area (Å²) in [4.78, 5) is 16.3. The number of aliphatic hydroxyl groups is 1. The van der Waals surface area contributed by atoms with E-state index in [1.165, 1.54) is 0 Å². The predicted octanol–water partition coefficient (Wildman–Crippen LogP) is 1.96. The average molecular weight is 525 g/mol. The number of likely N-dealkylation sites (tertiary alicyclic amines) is 1. The molecule has 11 nitrogen and oxygen atoms in total. The van der Waals surface area contributed by atoms with Crippen LogP contribution in [0.1, 0.15) is 52.9 Å². The van der Waals surface area contributed by atoms with E-state index < -0.39 is 12.1 Å². The number of hydrogen-bond acceptors (Lipinski definition) is 7. The van der Waals surface area contributed by atoms with Gasteiger partial charge in [0.05, 0.1) is 13.2 Å². The zero-order valence-corrected chi connectivity index (χ0v) is 21.6. The first-order valence-corrected chi connectivity index (χ1v) is 12.8. The second kappa shape index (κ2) is 12.0. The van der Waals surface area contributed by atoms with Gasteiger partial charge in [0.25, 0.3) is 0 Å². The second-order valence-corrected chi connectivity index (χ2v) is 9.44. The van der Waals surface area contributed by atoms with Gasteiger partial charge in [-0.05, 0) is 54.3 Å². The van der Waals surface area contributed by atoms with Crippen LogP contribution < -0.4 is 20.9 Å². The van der Waals surface area contributed by atoms with Gasteiger partial charge in [-0.15, -0.1) is 0 Å². The summed E-state index contributed by atoms with van der Waals surface area (Å²) in [5.41, 5.74) is 14.2. The molecular weight excluding hydrogens is 488 g/mol. The third-order valence-electron chi connectivity index (χ3n) is 6.92. The molecule has 0 amide bonds. The molecule has 2 aromatic rings. The first-order chi connectivity index (χ1) is 18.3. The van der Waals surface area contributed by atoms with E-state index in [-0.39, 0.29) is 31.2 Å². The summed E-state index contributed by atoms with van der Waals surface area (Å²) < 4.78 is 17.6. The monoisotopic (exact) mass is 524 g/mol. The summed E-state index contributed by atoms with van der Waals surface area (Å²) in [6.45, 7) is 4.07. The molecule has 0 aliphatic carbocycles. The van der Waals surface area contributed by atoms with Crippen LogP contribution in [-0.2, 0) is 17.7 Å². The minimum absolute atomic E-state index is 0.00691. The van der Waals surface area contributed by atoms with Gasteiger partial charge in [0.15, 0.2) is 11.9 Å². The maximum absolute atomic E-state index is 12.8. The number of nitrogens with zero attached hydrogens (tertiary/aromatic N) is 2. The normalized spacial score (nSPS) is 16.4. The smallest absolute Gasteiger partial charge is 0.341 e. The van der Waals surface area contributed by atoms with Crippen molar-refractivity contribution in [1.29, 1.82) is 10.8 Å². The number of benzene rings is 2. The van der Waals surface area contributed by atoms with Gasteiger partial charge in [-0.25, -0.2) is 4.79 Å². The molecule has 1 fully saturated rings. The zero-order valence-electron chi connectivity index (χ0n) is 21.6. The highest BCUT2D eigenvalue weighted by Gasteiger charge is 2.25. The molecule has 2 aliphatic heterocycles. The van der Waals surface area contributed by atoms with Crippen LogP contribution in [0.25, 0.3) is 0 Å². The standard InChI is InChI=1S/C27H36N6O5/c1-2-36-25(35)22-13-18-7-10-33(27(30)31)15-19(18)14-23(22)38-24(16-34)17-3-5-20(6-4-17)37-21-8-11-32(12-9-21)26(28)29/h3-6,13-14,21,24,34H,2,7-12,15-16H2,1H3,(H3,28,29)(H3,30,31). The number of piperidine rings is 1. The number of nitrogens with two attached hydrogens (primary N) is 2. The van der Waals surface area contributed by atoms with Crippen molar-refractivity contribution in [3.05, 3.63) is 58.7 Å². The number of fused-ring (bicyclic) bond motifs is 1. The molecule has 204 valence electrons. The topological polar surface area (TPSA) is 171 Å². The van der Waals surface area contributed by atoms with E-state index >= 15 is 0 Å². The first kappa shape index (κ1) is 27.1. The van der Waals surface area contributed by atoms with Gasteiger partial charge in [-0.1, -0.05) is 12.1 Å². The Balaban J connectivity index is 1.50. The Morgan fingerprint density at radius 1 is 1.05 bits per heavy atom. The summed E-state index contributed by atoms with van der Waals surface area (Å²) in [5, 5.41) is 25.5. The van der Waals surface area contributed by atoms with Crippen molar-refractivity contribution in [3.8, 4) is 11.5 Å². The lowest BCUT2D eigenvalue weighted by molar-refractivity contribution is 0.0512. The van der Waals surface area contributed by atoms with Gasteiger partial charge in [0, 0.05) is 39.0 Å². The summed E-state index contributed by atoms with van der Waals surface area (Å²) in [5.74, 6) is 0.605. The van der Waals surface area contributed by atoms with E-state index in [1.54, 1.807) is 24.0 Å². The van der Waals surface area contributed by atoms with Crippen LogP contribution in [0.4, 0.5) is 0 Å². The molecule has 7 N–H and O–H groups in total. The van der Waals surface area contributed by atoms with Crippen molar-refractivity contribution in [2.45, 2.75) is 44.9 Å². The van der Waals surface area contributed by atoms with Gasteiger partial charge >= 0.3 is 5.97 Å². The van der Waals surface area contributed by atoms with Crippen molar-refractivity contribution < 1.29 is 24.1 Å². The molecule has 4 rings (SSSR count). The van der Waals surface area contributed by atoms with E-state index in [9.17, 15) is 9.90 Å². The molecule has 0 aromatic heterocycles. The van der Waals surface area contributed by atoms with E-state index in [2.05, 4.69) is 0 Å². The van der Waals surface area contributed by atoms with Crippen LogP contribution >= 0.6 is 0 Å². The maximum atomic E-state index is 12.8. The lowest BCUT2D eigenvalue weighted by atomic mass is 9.96. The molecule has 0 spiro atoms. The largest absolute Gasteiger partial charge is 0.490 e. The SMILES string of the molecule is CCOC(=O)c1cc2c(cc1OC(CO)c1ccc(OC3CCN(C(=N)N)CC3)cc1)CN(C(=N)N)CC2. The number of aliphatic hydroxyl groups excluding tert-OH is 1. The van der Waals surface area contributed by atoms with Gasteiger partial charge in [-0.3, -0.25) is 10.8 Å².